The average molecular weight is 374 g/mol. The molecule has 0 aliphatic carbocycles. The number of carbonyl (C=O) groups is 2. The third-order valence-electron chi connectivity index (χ3n) is 3.86. The lowest BCUT2D eigenvalue weighted by Crippen LogP contribution is -2.15. The van der Waals surface area contributed by atoms with Crippen LogP contribution in [0.15, 0.2) is 36.7 Å². The zero-order valence-electron chi connectivity index (χ0n) is 14.1. The highest BCUT2D eigenvalue weighted by molar-refractivity contribution is 6.34. The summed E-state index contributed by atoms with van der Waals surface area (Å²) in [6.07, 6.45) is 3.71. The molecule has 1 amide bonds. The smallest absolute Gasteiger partial charge is 0.339 e. The molecule has 26 heavy (non-hydrogen) atoms. The van der Waals surface area contributed by atoms with Crippen LogP contribution in [0.5, 0.6) is 5.75 Å². The van der Waals surface area contributed by atoms with Crippen molar-refractivity contribution in [1.29, 1.82) is 0 Å². The van der Waals surface area contributed by atoms with Crippen LogP contribution in [-0.2, 0) is 11.2 Å². The highest BCUT2D eigenvalue weighted by atomic mass is 35.5. The van der Waals surface area contributed by atoms with E-state index in [2.05, 4.69) is 10.3 Å². The summed E-state index contributed by atoms with van der Waals surface area (Å²) in [7, 11) is 1.35. The van der Waals surface area contributed by atoms with Gasteiger partial charge in [0.25, 0.3) is 0 Å². The molecule has 0 fully saturated rings. The number of imidazole rings is 1. The Morgan fingerprint density at radius 1 is 1.38 bits per heavy atom. The first-order valence-corrected chi connectivity index (χ1v) is 8.10. The fourth-order valence-corrected chi connectivity index (χ4v) is 2.84. The number of benzene rings is 1. The Morgan fingerprint density at radius 3 is 2.81 bits per heavy atom. The number of nitrogens with one attached hydrogen (secondary N) is 1. The van der Waals surface area contributed by atoms with E-state index in [1.54, 1.807) is 6.20 Å². The lowest BCUT2D eigenvalue weighted by molar-refractivity contribution is -0.115. The fraction of sp³-hybridized carbons (Fsp3) is 0.167. The number of pyridine rings is 1. The number of ether oxygens (including phenoxy) is 1. The fourth-order valence-electron chi connectivity index (χ4n) is 2.63. The average Bonchev–Trinajstić information content (AvgIpc) is 3.00. The van der Waals surface area contributed by atoms with Crippen LogP contribution in [0.2, 0.25) is 5.02 Å². The highest BCUT2D eigenvalue weighted by Crippen LogP contribution is 2.31. The molecule has 3 rings (SSSR count). The lowest BCUT2D eigenvalue weighted by Gasteiger charge is -2.11. The molecule has 0 spiro atoms. The van der Waals surface area contributed by atoms with Gasteiger partial charge in [-0.25, -0.2) is 9.78 Å². The zero-order valence-corrected chi connectivity index (χ0v) is 14.9. The number of carbonyl (C=O) groups excluding carboxylic acids is 1. The Kier molecular flexibility index (Phi) is 4.81. The van der Waals surface area contributed by atoms with Gasteiger partial charge in [-0.1, -0.05) is 17.7 Å². The number of nitrogens with zero attached hydrogens (tertiary/aromatic N) is 2. The SMILES string of the molecule is COc1cc(NC(=O)Cc2cn3cccc(C)c3n2)c(Cl)cc1C(=O)O. The summed E-state index contributed by atoms with van der Waals surface area (Å²) < 4.78 is 6.91. The molecule has 0 atom stereocenters. The number of fused-ring (bicyclic) bond motifs is 1. The predicted molar refractivity (Wildman–Crippen MR) is 97.2 cm³/mol. The van der Waals surface area contributed by atoms with Crippen molar-refractivity contribution >= 4 is 34.8 Å². The molecule has 0 unspecified atom stereocenters. The van der Waals surface area contributed by atoms with Gasteiger partial charge in [0, 0.05) is 18.5 Å². The molecule has 0 bridgehead atoms. The summed E-state index contributed by atoms with van der Waals surface area (Å²) in [4.78, 5) is 28.0. The van der Waals surface area contributed by atoms with Crippen molar-refractivity contribution in [2.75, 3.05) is 12.4 Å². The van der Waals surface area contributed by atoms with Crippen molar-refractivity contribution < 1.29 is 19.4 Å². The Labute approximate surface area is 154 Å². The number of hydrogen-bond acceptors (Lipinski definition) is 4. The van der Waals surface area contributed by atoms with Crippen molar-refractivity contribution in [3.63, 3.8) is 0 Å². The van der Waals surface area contributed by atoms with Gasteiger partial charge in [0.15, 0.2) is 0 Å². The van der Waals surface area contributed by atoms with Crippen LogP contribution in [0.3, 0.4) is 0 Å². The van der Waals surface area contributed by atoms with E-state index in [4.69, 9.17) is 21.4 Å². The van der Waals surface area contributed by atoms with Gasteiger partial charge in [0.1, 0.15) is 17.0 Å². The number of aromatic carboxylic acids is 1. The first-order chi connectivity index (χ1) is 12.4. The van der Waals surface area contributed by atoms with Crippen molar-refractivity contribution in [2.45, 2.75) is 13.3 Å². The molecule has 0 aliphatic heterocycles. The Morgan fingerprint density at radius 2 is 2.15 bits per heavy atom. The number of methoxy groups -OCH3 is 1. The number of anilines is 1. The van der Waals surface area contributed by atoms with Crippen LogP contribution in [-0.4, -0.2) is 33.5 Å². The third kappa shape index (κ3) is 3.48. The first-order valence-electron chi connectivity index (χ1n) is 7.73. The molecular formula is C18H16ClN3O4. The minimum Gasteiger partial charge on any atom is -0.496 e. The molecule has 8 heteroatoms. The van der Waals surface area contributed by atoms with Crippen LogP contribution in [0.4, 0.5) is 5.69 Å². The number of hydrogen-bond donors (Lipinski definition) is 2. The standard InChI is InChI=1S/C18H16ClN3O4/c1-10-4-3-5-22-9-11(20-17(10)22)6-16(23)21-14-8-15(26-2)12(18(24)25)7-13(14)19/h3-5,7-9H,6H2,1-2H3,(H,21,23)(H,24,25). The Bertz CT molecular complexity index is 1010. The number of rotatable bonds is 5. The zero-order chi connectivity index (χ0) is 18.8. The van der Waals surface area contributed by atoms with Gasteiger partial charge in [-0.15, -0.1) is 0 Å². The summed E-state index contributed by atoms with van der Waals surface area (Å²) in [5.74, 6) is -1.37. The van der Waals surface area contributed by atoms with E-state index in [1.165, 1.54) is 19.2 Å². The summed E-state index contributed by atoms with van der Waals surface area (Å²) in [6.45, 7) is 1.95. The van der Waals surface area contributed by atoms with Crippen molar-refractivity contribution in [2.24, 2.45) is 0 Å². The Hall–Kier alpha value is -3.06. The molecule has 0 radical (unpaired) electrons. The maximum Gasteiger partial charge on any atom is 0.339 e. The van der Waals surface area contributed by atoms with Gasteiger partial charge in [-0.2, -0.15) is 0 Å². The Balaban J connectivity index is 1.81. The summed E-state index contributed by atoms with van der Waals surface area (Å²) in [6, 6.07) is 6.48. The molecule has 2 N–H and O–H groups in total. The second-order valence-corrected chi connectivity index (χ2v) is 6.12. The molecule has 3 aromatic rings. The van der Waals surface area contributed by atoms with E-state index in [9.17, 15) is 9.59 Å². The van der Waals surface area contributed by atoms with Crippen LogP contribution in [0.25, 0.3) is 5.65 Å². The van der Waals surface area contributed by atoms with Crippen molar-refractivity contribution in [3.8, 4) is 5.75 Å². The van der Waals surface area contributed by atoms with Crippen LogP contribution >= 0.6 is 11.6 Å². The summed E-state index contributed by atoms with van der Waals surface area (Å²) >= 11 is 6.08. The minimum atomic E-state index is -1.17. The van der Waals surface area contributed by atoms with Gasteiger partial charge in [0.05, 0.1) is 29.9 Å². The molecule has 134 valence electrons. The quantitative estimate of drug-likeness (QED) is 0.716. The number of aryl methyl sites for hydroxylation is 1. The molecule has 0 aliphatic rings. The van der Waals surface area contributed by atoms with E-state index in [1.807, 2.05) is 29.7 Å². The van der Waals surface area contributed by atoms with Crippen molar-refractivity contribution in [3.05, 3.63) is 58.5 Å². The van der Waals surface area contributed by atoms with Crippen LogP contribution < -0.4 is 10.1 Å². The van der Waals surface area contributed by atoms with Crippen molar-refractivity contribution in [1.82, 2.24) is 9.38 Å². The van der Waals surface area contributed by atoms with Crippen LogP contribution in [0.1, 0.15) is 21.6 Å². The summed E-state index contributed by atoms with van der Waals surface area (Å²) in [5, 5.41) is 11.9. The van der Waals surface area contributed by atoms with Gasteiger partial charge in [0.2, 0.25) is 5.91 Å². The number of amides is 1. The normalized spacial score (nSPS) is 10.7. The van der Waals surface area contributed by atoms with E-state index in [-0.39, 0.29) is 34.4 Å². The van der Waals surface area contributed by atoms with Gasteiger partial charge < -0.3 is 19.6 Å². The maximum absolute atomic E-state index is 12.3. The molecule has 7 nitrogen and oxygen atoms in total. The van der Waals surface area contributed by atoms with Gasteiger partial charge >= 0.3 is 5.97 Å². The van der Waals surface area contributed by atoms with Crippen LogP contribution in [0, 0.1) is 6.92 Å². The number of halogens is 1. The molecule has 0 saturated carbocycles. The van der Waals surface area contributed by atoms with E-state index in [0.717, 1.165) is 11.2 Å². The lowest BCUT2D eigenvalue weighted by atomic mass is 10.1. The minimum absolute atomic E-state index is 0.0560. The number of aromatic nitrogens is 2. The van der Waals surface area contributed by atoms with E-state index in [0.29, 0.717) is 5.69 Å². The molecule has 1 aromatic carbocycles. The molecule has 2 aromatic heterocycles. The number of carboxylic acid groups (broad SMARTS) is 1. The van der Waals surface area contributed by atoms with E-state index < -0.39 is 5.97 Å². The van der Waals surface area contributed by atoms with Gasteiger partial charge in [-0.05, 0) is 24.6 Å². The molecule has 0 saturated heterocycles. The second-order valence-electron chi connectivity index (χ2n) is 5.72. The monoisotopic (exact) mass is 373 g/mol. The van der Waals surface area contributed by atoms with E-state index >= 15 is 0 Å². The highest BCUT2D eigenvalue weighted by Gasteiger charge is 2.17. The molecule has 2 heterocycles. The topological polar surface area (TPSA) is 92.9 Å². The number of carboxylic acids is 1. The first kappa shape index (κ1) is 17.8. The third-order valence-corrected chi connectivity index (χ3v) is 4.18. The van der Waals surface area contributed by atoms with Gasteiger partial charge in [-0.3, -0.25) is 4.79 Å². The molecular weight excluding hydrogens is 358 g/mol. The largest absolute Gasteiger partial charge is 0.496 e. The second kappa shape index (κ2) is 7.05. The maximum atomic E-state index is 12.3. The predicted octanol–water partition coefficient (Wildman–Crippen LogP) is 3.18. The summed E-state index contributed by atoms with van der Waals surface area (Å²) in [5.41, 5.74) is 2.61.